The van der Waals surface area contributed by atoms with Crippen molar-refractivity contribution in [2.75, 3.05) is 9.96 Å². The third kappa shape index (κ3) is 2.79. The van der Waals surface area contributed by atoms with E-state index in [1.165, 1.54) is 4.90 Å². The van der Waals surface area contributed by atoms with Gasteiger partial charge in [-0.05, 0) is 48.2 Å². The van der Waals surface area contributed by atoms with E-state index in [1.54, 1.807) is 41.5 Å². The number of rotatable bonds is 3. The largest absolute Gasteiger partial charge is 0.273 e. The molecule has 7 heteroatoms. The first-order chi connectivity index (χ1) is 14.1. The lowest BCUT2D eigenvalue weighted by atomic mass is 9.95. The van der Waals surface area contributed by atoms with Crippen LogP contribution in [0.3, 0.4) is 0 Å². The van der Waals surface area contributed by atoms with E-state index < -0.39 is 12.0 Å². The molecule has 5 rings (SSSR count). The smallest absolute Gasteiger partial charge is 0.266 e. The number of para-hydroxylation sites is 1. The number of nitrogens with zero attached hydrogens (tertiary/aromatic N) is 2. The minimum atomic E-state index is -0.867. The predicted octanol–water partition coefficient (Wildman–Crippen LogP) is 4.76. The van der Waals surface area contributed by atoms with Gasteiger partial charge >= 0.3 is 0 Å². The molecule has 0 unspecified atom stereocenters. The SMILES string of the molecule is Cc1c(Cl)cccc1N1C(=O)[C@@H]2[C@H](ON(c3ccccc3)[C@H]2c2cccs2)C1=O. The fourth-order valence-electron chi connectivity index (χ4n) is 4.04. The molecule has 5 nitrogen and oxygen atoms in total. The molecular formula is C22H17ClN2O3S. The van der Waals surface area contributed by atoms with Crippen LogP contribution in [0.4, 0.5) is 11.4 Å². The number of hydrogen-bond donors (Lipinski definition) is 0. The summed E-state index contributed by atoms with van der Waals surface area (Å²) in [6.07, 6.45) is -0.867. The van der Waals surface area contributed by atoms with E-state index in [0.717, 1.165) is 10.6 Å². The second-order valence-corrected chi connectivity index (χ2v) is 8.46. The molecule has 0 bridgehead atoms. The molecule has 3 atom stereocenters. The Morgan fingerprint density at radius 1 is 0.966 bits per heavy atom. The standard InChI is InChI=1S/C22H17ClN2O3S/c1-13-15(23)9-5-10-16(13)24-21(26)18-19(17-11-6-12-29-17)25(28-20(18)22(24)27)14-7-3-2-4-8-14/h2-12,18-20H,1H3/t18-,19-,20-/m0/s1. The molecule has 0 N–H and O–H groups in total. The molecule has 2 amide bonds. The van der Waals surface area contributed by atoms with Gasteiger partial charge in [0.1, 0.15) is 12.0 Å². The average Bonchev–Trinajstić information content (AvgIpc) is 3.43. The highest BCUT2D eigenvalue weighted by molar-refractivity contribution is 7.10. The van der Waals surface area contributed by atoms with Crippen LogP contribution in [0.15, 0.2) is 66.0 Å². The van der Waals surface area contributed by atoms with Crippen molar-refractivity contribution in [2.45, 2.75) is 19.1 Å². The maximum atomic E-state index is 13.5. The highest BCUT2D eigenvalue weighted by Gasteiger charge is 2.60. The number of carbonyl (C=O) groups excluding carboxylic acids is 2. The summed E-state index contributed by atoms with van der Waals surface area (Å²) >= 11 is 7.78. The molecule has 0 aliphatic carbocycles. The van der Waals surface area contributed by atoms with Crippen LogP contribution in [0.1, 0.15) is 16.5 Å². The second kappa shape index (κ2) is 6.99. The maximum Gasteiger partial charge on any atom is 0.266 e. The zero-order valence-corrected chi connectivity index (χ0v) is 17.1. The minimum Gasteiger partial charge on any atom is -0.273 e. The van der Waals surface area contributed by atoms with Gasteiger partial charge in [0.25, 0.3) is 5.91 Å². The topological polar surface area (TPSA) is 49.9 Å². The summed E-state index contributed by atoms with van der Waals surface area (Å²) in [6.45, 7) is 1.81. The van der Waals surface area contributed by atoms with Gasteiger partial charge in [0.05, 0.1) is 11.4 Å². The molecule has 3 heterocycles. The van der Waals surface area contributed by atoms with Crippen LogP contribution in [0, 0.1) is 12.8 Å². The van der Waals surface area contributed by atoms with Crippen molar-refractivity contribution in [2.24, 2.45) is 5.92 Å². The molecule has 3 aromatic rings. The third-order valence-corrected chi connectivity index (χ3v) is 6.79. The van der Waals surface area contributed by atoms with Crippen molar-refractivity contribution in [3.8, 4) is 0 Å². The van der Waals surface area contributed by atoms with E-state index in [2.05, 4.69) is 0 Å². The van der Waals surface area contributed by atoms with Gasteiger partial charge in [-0.3, -0.25) is 14.4 Å². The number of carbonyl (C=O) groups is 2. The first kappa shape index (κ1) is 18.4. The molecule has 0 radical (unpaired) electrons. The van der Waals surface area contributed by atoms with Crippen molar-refractivity contribution in [3.05, 3.63) is 81.5 Å². The fraction of sp³-hybridized carbons (Fsp3) is 0.182. The van der Waals surface area contributed by atoms with E-state index >= 15 is 0 Å². The summed E-state index contributed by atoms with van der Waals surface area (Å²) in [5.74, 6) is -1.24. The Morgan fingerprint density at radius 2 is 1.76 bits per heavy atom. The van der Waals surface area contributed by atoms with Gasteiger partial charge in [0.15, 0.2) is 6.10 Å². The molecule has 29 heavy (non-hydrogen) atoms. The number of amides is 2. The summed E-state index contributed by atoms with van der Waals surface area (Å²) in [4.78, 5) is 35.1. The van der Waals surface area contributed by atoms with Crippen LogP contribution >= 0.6 is 22.9 Å². The number of benzene rings is 2. The number of fused-ring (bicyclic) bond motifs is 1. The number of hydroxylamine groups is 1. The second-order valence-electron chi connectivity index (χ2n) is 7.07. The van der Waals surface area contributed by atoms with Gasteiger partial charge in [0, 0.05) is 9.90 Å². The van der Waals surface area contributed by atoms with Gasteiger partial charge in [0.2, 0.25) is 5.91 Å². The van der Waals surface area contributed by atoms with Crippen LogP contribution in [-0.4, -0.2) is 17.9 Å². The van der Waals surface area contributed by atoms with Gasteiger partial charge in [-0.25, -0.2) is 9.96 Å². The highest BCUT2D eigenvalue weighted by Crippen LogP contribution is 2.49. The van der Waals surface area contributed by atoms with E-state index in [1.807, 2.05) is 47.8 Å². The van der Waals surface area contributed by atoms with Gasteiger partial charge in [-0.15, -0.1) is 11.3 Å². The molecule has 0 spiro atoms. The first-order valence-electron chi connectivity index (χ1n) is 9.25. The quantitative estimate of drug-likeness (QED) is 0.569. The molecule has 146 valence electrons. The molecule has 2 saturated heterocycles. The summed E-state index contributed by atoms with van der Waals surface area (Å²) < 4.78 is 0. The van der Waals surface area contributed by atoms with Crippen molar-refractivity contribution < 1.29 is 14.4 Å². The molecule has 0 saturated carbocycles. The van der Waals surface area contributed by atoms with Crippen molar-refractivity contribution in [1.82, 2.24) is 0 Å². The number of anilines is 2. The molecule has 2 aliphatic heterocycles. The Bertz CT molecular complexity index is 1090. The molecule has 2 aliphatic rings. The van der Waals surface area contributed by atoms with Crippen LogP contribution in [0.25, 0.3) is 0 Å². The van der Waals surface area contributed by atoms with Crippen molar-refractivity contribution >= 4 is 46.1 Å². The van der Waals surface area contributed by atoms with Crippen molar-refractivity contribution in [1.29, 1.82) is 0 Å². The lowest BCUT2D eigenvalue weighted by molar-refractivity contribution is -0.126. The lowest BCUT2D eigenvalue weighted by Gasteiger charge is -2.28. The highest BCUT2D eigenvalue weighted by atomic mass is 35.5. The minimum absolute atomic E-state index is 0.262. The van der Waals surface area contributed by atoms with E-state index in [-0.39, 0.29) is 17.9 Å². The summed E-state index contributed by atoms with van der Waals surface area (Å²) in [7, 11) is 0. The zero-order chi connectivity index (χ0) is 20.1. The average molecular weight is 425 g/mol. The third-order valence-electron chi connectivity index (χ3n) is 5.44. The summed E-state index contributed by atoms with van der Waals surface area (Å²) in [6, 6.07) is 18.3. The number of imide groups is 1. The van der Waals surface area contributed by atoms with Crippen LogP contribution in [-0.2, 0) is 14.4 Å². The van der Waals surface area contributed by atoms with Crippen LogP contribution in [0.2, 0.25) is 5.02 Å². The summed E-state index contributed by atoms with van der Waals surface area (Å²) in [5.41, 5.74) is 2.02. The Labute approximate surface area is 177 Å². The summed E-state index contributed by atoms with van der Waals surface area (Å²) in [5, 5.41) is 4.19. The Morgan fingerprint density at radius 3 is 2.48 bits per heavy atom. The zero-order valence-electron chi connectivity index (χ0n) is 15.5. The van der Waals surface area contributed by atoms with Gasteiger partial charge in [-0.1, -0.05) is 41.9 Å². The number of hydrogen-bond acceptors (Lipinski definition) is 5. The molecular weight excluding hydrogens is 408 g/mol. The van der Waals surface area contributed by atoms with Crippen LogP contribution < -0.4 is 9.96 Å². The first-order valence-corrected chi connectivity index (χ1v) is 10.5. The fourth-order valence-corrected chi connectivity index (χ4v) is 5.06. The van der Waals surface area contributed by atoms with E-state index in [0.29, 0.717) is 16.3 Å². The Balaban J connectivity index is 1.59. The Kier molecular flexibility index (Phi) is 4.42. The lowest BCUT2D eigenvalue weighted by Crippen LogP contribution is -2.37. The molecule has 2 aromatic carbocycles. The van der Waals surface area contributed by atoms with Crippen molar-refractivity contribution in [3.63, 3.8) is 0 Å². The monoisotopic (exact) mass is 424 g/mol. The molecule has 2 fully saturated rings. The van der Waals surface area contributed by atoms with Gasteiger partial charge < -0.3 is 0 Å². The number of halogens is 1. The van der Waals surface area contributed by atoms with Gasteiger partial charge in [-0.2, -0.15) is 0 Å². The predicted molar refractivity (Wildman–Crippen MR) is 113 cm³/mol. The van der Waals surface area contributed by atoms with E-state index in [4.69, 9.17) is 16.4 Å². The normalized spacial score (nSPS) is 23.7. The Hall–Kier alpha value is -2.67. The van der Waals surface area contributed by atoms with Crippen LogP contribution in [0.5, 0.6) is 0 Å². The number of thiophene rings is 1. The molecule has 1 aromatic heterocycles. The van der Waals surface area contributed by atoms with E-state index in [9.17, 15) is 9.59 Å². The maximum absolute atomic E-state index is 13.5.